The Labute approximate surface area is 331 Å². The number of nitrogens with two attached hydrogens (primary N) is 1. The Hall–Kier alpha value is -6.33. The van der Waals surface area contributed by atoms with Crippen LogP contribution in [0.25, 0.3) is 28.0 Å². The van der Waals surface area contributed by atoms with E-state index in [2.05, 4.69) is 146 Å². The number of hydrogen-bond donors (Lipinski definition) is 3. The molecule has 4 aromatic carbocycles. The summed E-state index contributed by atoms with van der Waals surface area (Å²) in [5, 5.41) is 12.5. The van der Waals surface area contributed by atoms with Crippen molar-refractivity contribution in [1.29, 1.82) is 5.41 Å². The lowest BCUT2D eigenvalue weighted by molar-refractivity contribution is 0.587. The van der Waals surface area contributed by atoms with Gasteiger partial charge in [0.1, 0.15) is 5.84 Å². The Morgan fingerprint density at radius 1 is 0.839 bits per heavy atom. The second kappa shape index (κ2) is 17.0. The fraction of sp³-hybridized carbons (Fsp3) is 0.196. The topological polar surface area (TPSA) is 86.6 Å². The molecule has 5 nitrogen and oxygen atoms in total. The highest BCUT2D eigenvalue weighted by molar-refractivity contribution is 6.19. The van der Waals surface area contributed by atoms with Gasteiger partial charge in [-0.25, -0.2) is 4.99 Å². The molecule has 1 aliphatic heterocycles. The molecule has 4 aromatic rings. The van der Waals surface area contributed by atoms with Gasteiger partial charge in [0, 0.05) is 40.5 Å². The van der Waals surface area contributed by atoms with E-state index in [4.69, 9.17) is 21.1 Å². The van der Waals surface area contributed by atoms with Gasteiger partial charge in [-0.3, -0.25) is 4.99 Å². The summed E-state index contributed by atoms with van der Waals surface area (Å²) in [5.41, 5.74) is 20.3. The number of amidine groups is 2. The molecule has 3 unspecified atom stereocenters. The first kappa shape index (κ1) is 36.6. The van der Waals surface area contributed by atoms with Crippen LogP contribution in [0.2, 0.25) is 0 Å². The molecule has 0 fully saturated rings. The Kier molecular flexibility index (Phi) is 11.1. The molecule has 0 aromatic heterocycles. The number of aliphatic imine (C=N–C) groups is 2. The molecule has 1 heterocycles. The number of fused-ring (bicyclic) bond motifs is 1. The van der Waals surface area contributed by atoms with Crippen LogP contribution < -0.4 is 11.1 Å². The van der Waals surface area contributed by atoms with E-state index in [0.717, 1.165) is 83.2 Å². The molecule has 3 atom stereocenters. The molecule has 278 valence electrons. The minimum Gasteiger partial charge on any atom is -0.387 e. The van der Waals surface area contributed by atoms with Gasteiger partial charge in [0.05, 0.1) is 11.7 Å². The van der Waals surface area contributed by atoms with E-state index in [1.807, 2.05) is 24.3 Å². The summed E-state index contributed by atoms with van der Waals surface area (Å²) in [5.74, 6) is 1.41. The molecule has 0 radical (unpaired) electrons. The maximum Gasteiger partial charge on any atom is 0.153 e. The third kappa shape index (κ3) is 7.90. The van der Waals surface area contributed by atoms with E-state index < -0.39 is 0 Å². The molecule has 5 heteroatoms. The molecule has 4 aliphatic rings. The van der Waals surface area contributed by atoms with Crippen LogP contribution in [0.4, 0.5) is 0 Å². The van der Waals surface area contributed by atoms with Gasteiger partial charge in [-0.2, -0.15) is 0 Å². The summed E-state index contributed by atoms with van der Waals surface area (Å²) in [4.78, 5) is 10.4. The fourth-order valence-corrected chi connectivity index (χ4v) is 8.18. The zero-order valence-electron chi connectivity index (χ0n) is 32.0. The standard InChI is InChI=1S/C51H49N5/c1-35(36-29-31-38(32-30-36)37-17-6-2-7-18-37)54-51(41-23-12-5-13-24-41)56-50(53)43-26-16-25-42(33-43)47-44-27-14-15-28-45(44)49(46(34-52)39-19-8-3-9-20-39)55-48(47)40-21-10-4-11-22-40/h2-3,5-10,12,14-21,23,25,27-35,40,43,52,55H,4,11,13,22,24,26H2,1H3,(H2,53,54,56)/b49-46+,52-34?. The van der Waals surface area contributed by atoms with Crippen LogP contribution in [0.15, 0.2) is 185 Å². The summed E-state index contributed by atoms with van der Waals surface area (Å²) in [7, 11) is 0. The highest BCUT2D eigenvalue weighted by atomic mass is 15.0. The molecule has 0 spiro atoms. The van der Waals surface area contributed by atoms with Crippen molar-refractivity contribution in [3.05, 3.63) is 197 Å². The van der Waals surface area contributed by atoms with Gasteiger partial charge in [0.15, 0.2) is 5.84 Å². The number of benzene rings is 4. The Bertz CT molecular complexity index is 2370. The van der Waals surface area contributed by atoms with E-state index in [1.54, 1.807) is 0 Å². The minimum atomic E-state index is -0.0967. The quantitative estimate of drug-likeness (QED) is 0.0909. The van der Waals surface area contributed by atoms with Crippen LogP contribution in [-0.2, 0) is 0 Å². The first-order valence-electron chi connectivity index (χ1n) is 20.0. The highest BCUT2D eigenvalue weighted by Crippen LogP contribution is 2.44. The van der Waals surface area contributed by atoms with E-state index in [1.165, 1.54) is 28.6 Å². The van der Waals surface area contributed by atoms with E-state index >= 15 is 0 Å². The summed E-state index contributed by atoms with van der Waals surface area (Å²) in [6.07, 6.45) is 25.3. The number of hydrogen-bond acceptors (Lipinski definition) is 3. The van der Waals surface area contributed by atoms with Gasteiger partial charge in [-0.05, 0) is 84.4 Å². The van der Waals surface area contributed by atoms with Crippen molar-refractivity contribution in [3.63, 3.8) is 0 Å². The average molecular weight is 732 g/mol. The molecule has 0 amide bonds. The zero-order chi connectivity index (χ0) is 38.3. The first-order chi connectivity index (χ1) is 27.6. The van der Waals surface area contributed by atoms with Gasteiger partial charge in [-0.1, -0.05) is 158 Å². The summed E-state index contributed by atoms with van der Waals surface area (Å²) < 4.78 is 0. The van der Waals surface area contributed by atoms with Crippen molar-refractivity contribution in [2.75, 3.05) is 0 Å². The van der Waals surface area contributed by atoms with Crippen molar-refractivity contribution >= 4 is 34.7 Å². The average Bonchev–Trinajstić information content (AvgIpc) is 3.27. The van der Waals surface area contributed by atoms with Gasteiger partial charge in [0.2, 0.25) is 0 Å². The third-order valence-electron chi connectivity index (χ3n) is 11.2. The molecule has 0 bridgehead atoms. The smallest absolute Gasteiger partial charge is 0.153 e. The van der Waals surface area contributed by atoms with Crippen LogP contribution >= 0.6 is 0 Å². The molecule has 0 saturated carbocycles. The number of nitrogens with one attached hydrogen (secondary N) is 2. The van der Waals surface area contributed by atoms with E-state index in [-0.39, 0.29) is 17.9 Å². The van der Waals surface area contributed by atoms with Crippen LogP contribution in [0.1, 0.15) is 73.7 Å². The SMILES string of the molecule is CC(/N=C(\N=C(/N)C1C=C(C2=C(C3C=CCCC3)N/C(=C(\C=N)c3ccccc3)c3ccccc32)C=CC1)C1=CC=CCC1)c1ccc(-c2ccccc2)cc1. The second-order valence-electron chi connectivity index (χ2n) is 14.9. The zero-order valence-corrected chi connectivity index (χ0v) is 32.0. The first-order valence-corrected chi connectivity index (χ1v) is 20.0. The normalized spacial score (nSPS) is 21.1. The highest BCUT2D eigenvalue weighted by Gasteiger charge is 2.31. The van der Waals surface area contributed by atoms with Gasteiger partial charge in [-0.15, -0.1) is 0 Å². The number of rotatable bonds is 9. The van der Waals surface area contributed by atoms with Crippen molar-refractivity contribution in [3.8, 4) is 11.1 Å². The second-order valence-corrected chi connectivity index (χ2v) is 14.9. The van der Waals surface area contributed by atoms with Crippen LogP contribution in [0.3, 0.4) is 0 Å². The van der Waals surface area contributed by atoms with Crippen LogP contribution in [-0.4, -0.2) is 17.9 Å². The van der Waals surface area contributed by atoms with Crippen LogP contribution in [0.5, 0.6) is 0 Å². The van der Waals surface area contributed by atoms with Crippen LogP contribution in [0, 0.1) is 17.2 Å². The number of nitrogens with zero attached hydrogens (tertiary/aromatic N) is 2. The Morgan fingerprint density at radius 2 is 1.57 bits per heavy atom. The maximum absolute atomic E-state index is 8.55. The van der Waals surface area contributed by atoms with E-state index in [0.29, 0.717) is 11.7 Å². The van der Waals surface area contributed by atoms with Crippen molar-refractivity contribution in [2.45, 2.75) is 51.5 Å². The van der Waals surface area contributed by atoms with Gasteiger partial charge >= 0.3 is 0 Å². The molecule has 4 N–H and O–H groups in total. The summed E-state index contributed by atoms with van der Waals surface area (Å²) >= 11 is 0. The van der Waals surface area contributed by atoms with E-state index in [9.17, 15) is 0 Å². The third-order valence-corrected chi connectivity index (χ3v) is 11.2. The lowest BCUT2D eigenvalue weighted by atomic mass is 9.78. The summed E-state index contributed by atoms with van der Waals surface area (Å²) in [6, 6.07) is 37.9. The lowest BCUT2D eigenvalue weighted by Crippen LogP contribution is -2.28. The Balaban J connectivity index is 1.17. The Morgan fingerprint density at radius 3 is 2.29 bits per heavy atom. The maximum atomic E-state index is 8.55. The molecule has 3 aliphatic carbocycles. The molecule has 0 saturated heterocycles. The lowest BCUT2D eigenvalue weighted by Gasteiger charge is -2.34. The molecular formula is C51H49N5. The molecular weight excluding hydrogens is 683 g/mol. The van der Waals surface area contributed by atoms with Gasteiger partial charge in [0.25, 0.3) is 0 Å². The van der Waals surface area contributed by atoms with Crippen molar-refractivity contribution in [1.82, 2.24) is 5.32 Å². The molecule has 8 rings (SSSR count). The summed E-state index contributed by atoms with van der Waals surface area (Å²) in [6.45, 7) is 2.13. The predicted molar refractivity (Wildman–Crippen MR) is 236 cm³/mol. The fourth-order valence-electron chi connectivity index (χ4n) is 8.18. The predicted octanol–water partition coefficient (Wildman–Crippen LogP) is 11.8. The van der Waals surface area contributed by atoms with Crippen molar-refractivity contribution < 1.29 is 0 Å². The minimum absolute atomic E-state index is 0.0957. The van der Waals surface area contributed by atoms with Gasteiger partial charge < -0.3 is 16.5 Å². The largest absolute Gasteiger partial charge is 0.387 e. The number of allylic oxidation sites excluding steroid dienone is 10. The van der Waals surface area contributed by atoms with Crippen molar-refractivity contribution in [2.24, 2.45) is 27.6 Å². The monoisotopic (exact) mass is 731 g/mol. The molecule has 56 heavy (non-hydrogen) atoms.